The number of halogens is 1. The number of hydrogen-bond acceptors (Lipinski definition) is 5. The molecule has 7 heteroatoms. The van der Waals surface area contributed by atoms with Crippen LogP contribution in [0.1, 0.15) is 30.4 Å². The van der Waals surface area contributed by atoms with E-state index in [1.807, 2.05) is 37.3 Å². The van der Waals surface area contributed by atoms with Gasteiger partial charge >= 0.3 is 0 Å². The van der Waals surface area contributed by atoms with E-state index in [9.17, 15) is 14.3 Å². The molecule has 2 N–H and O–H groups in total. The maximum Gasteiger partial charge on any atom is 0.250 e. The molecule has 0 bridgehead atoms. The zero-order chi connectivity index (χ0) is 19.7. The first kappa shape index (κ1) is 18.4. The van der Waals surface area contributed by atoms with Crippen molar-refractivity contribution >= 4 is 34.3 Å². The smallest absolute Gasteiger partial charge is 0.250 e. The molecule has 0 unspecified atom stereocenters. The SMILES string of the molecule is C[C@@H]1C/C(=N\NC(=O)CSc2cccc3cccnc23)c2c(O)ccc(F)c21. The number of carbonyl (C=O) groups excluding carboxylic acids is 1. The summed E-state index contributed by atoms with van der Waals surface area (Å²) in [5.41, 5.74) is 4.71. The van der Waals surface area contributed by atoms with Crippen molar-refractivity contribution in [1.82, 2.24) is 10.4 Å². The number of amides is 1. The minimum absolute atomic E-state index is 0.0232. The fraction of sp³-hybridized carbons (Fsp3) is 0.190. The van der Waals surface area contributed by atoms with Crippen molar-refractivity contribution in [2.75, 3.05) is 5.75 Å². The van der Waals surface area contributed by atoms with Gasteiger partial charge in [-0.25, -0.2) is 9.82 Å². The fourth-order valence-corrected chi connectivity index (χ4v) is 4.29. The number of carbonyl (C=O) groups is 1. The second kappa shape index (κ2) is 7.59. The van der Waals surface area contributed by atoms with Gasteiger partial charge in [0, 0.05) is 27.6 Å². The van der Waals surface area contributed by atoms with Crippen LogP contribution in [0.5, 0.6) is 5.75 Å². The molecule has 1 heterocycles. The Morgan fingerprint density at radius 3 is 3.00 bits per heavy atom. The molecule has 1 aliphatic rings. The third-order valence-electron chi connectivity index (χ3n) is 4.72. The topological polar surface area (TPSA) is 74.6 Å². The van der Waals surface area contributed by atoms with E-state index < -0.39 is 0 Å². The summed E-state index contributed by atoms with van der Waals surface area (Å²) in [5.74, 6) is -0.596. The lowest BCUT2D eigenvalue weighted by molar-refractivity contribution is -0.118. The molecule has 0 fully saturated rings. The Kier molecular flexibility index (Phi) is 5.00. The van der Waals surface area contributed by atoms with E-state index in [2.05, 4.69) is 15.5 Å². The average molecular weight is 395 g/mol. The molecule has 142 valence electrons. The summed E-state index contributed by atoms with van der Waals surface area (Å²) in [7, 11) is 0. The second-order valence-electron chi connectivity index (χ2n) is 6.67. The van der Waals surface area contributed by atoms with Gasteiger partial charge in [0.1, 0.15) is 11.6 Å². The lowest BCUT2D eigenvalue weighted by Crippen LogP contribution is -2.21. The molecular weight excluding hydrogens is 377 g/mol. The molecule has 1 amide bonds. The van der Waals surface area contributed by atoms with Crippen molar-refractivity contribution in [3.63, 3.8) is 0 Å². The van der Waals surface area contributed by atoms with E-state index >= 15 is 0 Å². The zero-order valence-electron chi connectivity index (χ0n) is 15.1. The van der Waals surface area contributed by atoms with Crippen LogP contribution in [0.2, 0.25) is 0 Å². The monoisotopic (exact) mass is 395 g/mol. The first-order chi connectivity index (χ1) is 13.5. The van der Waals surface area contributed by atoms with Crippen molar-refractivity contribution in [3.8, 4) is 5.75 Å². The lowest BCUT2D eigenvalue weighted by Gasteiger charge is -2.07. The quantitative estimate of drug-likeness (QED) is 0.513. The Labute approximate surface area is 165 Å². The number of fused-ring (bicyclic) bond motifs is 2. The van der Waals surface area contributed by atoms with E-state index in [1.54, 1.807) is 6.20 Å². The number of hydrazone groups is 1. The van der Waals surface area contributed by atoms with E-state index in [-0.39, 0.29) is 29.1 Å². The minimum atomic E-state index is -0.365. The predicted octanol–water partition coefficient (Wildman–Crippen LogP) is 4.20. The van der Waals surface area contributed by atoms with Gasteiger partial charge in [-0.3, -0.25) is 9.78 Å². The number of aromatic nitrogens is 1. The van der Waals surface area contributed by atoms with Crippen LogP contribution in [0, 0.1) is 5.82 Å². The molecule has 1 atom stereocenters. The van der Waals surface area contributed by atoms with E-state index in [0.717, 1.165) is 15.8 Å². The maximum absolute atomic E-state index is 14.1. The Hall–Kier alpha value is -2.93. The summed E-state index contributed by atoms with van der Waals surface area (Å²) >= 11 is 1.38. The van der Waals surface area contributed by atoms with Gasteiger partial charge in [0.15, 0.2) is 0 Å². The molecule has 1 aromatic heterocycles. The molecular formula is C21H18FN3O2S. The van der Waals surface area contributed by atoms with Crippen LogP contribution in [0.15, 0.2) is 58.7 Å². The van der Waals surface area contributed by atoms with Crippen LogP contribution in [0.25, 0.3) is 10.9 Å². The highest BCUT2D eigenvalue weighted by atomic mass is 32.2. The lowest BCUT2D eigenvalue weighted by atomic mass is 10.0. The zero-order valence-corrected chi connectivity index (χ0v) is 16.0. The van der Waals surface area contributed by atoms with Crippen molar-refractivity contribution in [1.29, 1.82) is 0 Å². The maximum atomic E-state index is 14.1. The summed E-state index contributed by atoms with van der Waals surface area (Å²) in [6, 6.07) is 12.2. The van der Waals surface area contributed by atoms with Crippen LogP contribution in [0.4, 0.5) is 4.39 Å². The number of nitrogens with zero attached hydrogens (tertiary/aromatic N) is 2. The standard InChI is InChI=1S/C21H18FN3O2S/c1-12-10-15(20-16(26)8-7-14(22)19(12)20)24-25-18(27)11-28-17-6-2-4-13-5-3-9-23-21(13)17/h2-9,12,26H,10-11H2,1H3,(H,25,27)/b24-15+/t12-/m1/s1. The molecule has 28 heavy (non-hydrogen) atoms. The van der Waals surface area contributed by atoms with Crippen LogP contribution in [0.3, 0.4) is 0 Å². The summed E-state index contributed by atoms with van der Waals surface area (Å²) in [4.78, 5) is 17.6. The number of pyridine rings is 1. The van der Waals surface area contributed by atoms with Gasteiger partial charge in [0.2, 0.25) is 5.91 Å². The van der Waals surface area contributed by atoms with Crippen molar-refractivity contribution in [2.24, 2.45) is 5.10 Å². The Morgan fingerprint density at radius 1 is 1.32 bits per heavy atom. The summed E-state index contributed by atoms with van der Waals surface area (Å²) in [5, 5.41) is 15.3. The number of phenolic OH excluding ortho intramolecular Hbond substituents is 1. The number of para-hydroxylation sites is 1. The highest BCUT2D eigenvalue weighted by Gasteiger charge is 2.30. The summed E-state index contributed by atoms with van der Waals surface area (Å²) in [6.45, 7) is 1.87. The van der Waals surface area contributed by atoms with Crippen LogP contribution in [-0.4, -0.2) is 27.5 Å². The first-order valence-electron chi connectivity index (χ1n) is 8.88. The van der Waals surface area contributed by atoms with Gasteiger partial charge in [0.25, 0.3) is 0 Å². The van der Waals surface area contributed by atoms with Gasteiger partial charge in [0.05, 0.1) is 17.0 Å². The van der Waals surface area contributed by atoms with Gasteiger partial charge in [-0.15, -0.1) is 11.8 Å². The molecule has 0 spiro atoms. The Morgan fingerprint density at radius 2 is 2.14 bits per heavy atom. The minimum Gasteiger partial charge on any atom is -0.507 e. The van der Waals surface area contributed by atoms with Crippen molar-refractivity contribution < 1.29 is 14.3 Å². The molecule has 5 nitrogen and oxygen atoms in total. The Balaban J connectivity index is 1.47. The summed E-state index contributed by atoms with van der Waals surface area (Å²) in [6.07, 6.45) is 2.19. The highest BCUT2D eigenvalue weighted by Crippen LogP contribution is 2.39. The average Bonchev–Trinajstić information content (AvgIpc) is 3.05. The van der Waals surface area contributed by atoms with Gasteiger partial charge < -0.3 is 5.11 Å². The van der Waals surface area contributed by atoms with E-state index in [4.69, 9.17) is 0 Å². The van der Waals surface area contributed by atoms with Gasteiger partial charge in [-0.05, 0) is 36.6 Å². The van der Waals surface area contributed by atoms with Crippen LogP contribution >= 0.6 is 11.8 Å². The number of nitrogens with one attached hydrogen (secondary N) is 1. The van der Waals surface area contributed by atoms with Gasteiger partial charge in [-0.2, -0.15) is 5.10 Å². The van der Waals surface area contributed by atoms with Crippen molar-refractivity contribution in [3.05, 3.63) is 65.6 Å². The number of hydrogen-bond donors (Lipinski definition) is 2. The number of phenols is 1. The highest BCUT2D eigenvalue weighted by molar-refractivity contribution is 8.00. The number of benzene rings is 2. The van der Waals surface area contributed by atoms with Gasteiger partial charge in [-0.1, -0.05) is 25.1 Å². The molecule has 4 rings (SSSR count). The van der Waals surface area contributed by atoms with E-state index in [0.29, 0.717) is 23.3 Å². The largest absolute Gasteiger partial charge is 0.507 e. The molecule has 0 saturated heterocycles. The molecule has 1 aliphatic carbocycles. The molecule has 3 aromatic rings. The Bertz CT molecular complexity index is 1090. The first-order valence-corrected chi connectivity index (χ1v) is 9.87. The fourth-order valence-electron chi connectivity index (χ4n) is 3.46. The molecule has 0 radical (unpaired) electrons. The summed E-state index contributed by atoms with van der Waals surface area (Å²) < 4.78 is 14.1. The second-order valence-corrected chi connectivity index (χ2v) is 7.69. The third-order valence-corrected chi connectivity index (χ3v) is 5.77. The predicted molar refractivity (Wildman–Crippen MR) is 108 cm³/mol. The molecule has 2 aromatic carbocycles. The van der Waals surface area contributed by atoms with Crippen LogP contribution in [-0.2, 0) is 4.79 Å². The number of rotatable bonds is 4. The number of aromatic hydroxyl groups is 1. The number of thioether (sulfide) groups is 1. The normalized spacial score (nSPS) is 17.1. The molecule has 0 aliphatic heterocycles. The third kappa shape index (κ3) is 3.45. The molecule has 0 saturated carbocycles. The van der Waals surface area contributed by atoms with E-state index in [1.165, 1.54) is 23.9 Å². The van der Waals surface area contributed by atoms with Crippen molar-refractivity contribution in [2.45, 2.75) is 24.2 Å². The van der Waals surface area contributed by atoms with Crippen LogP contribution < -0.4 is 5.43 Å².